The van der Waals surface area contributed by atoms with E-state index in [1.54, 1.807) is 55.5 Å². The summed E-state index contributed by atoms with van der Waals surface area (Å²) in [5.41, 5.74) is 7.45. The summed E-state index contributed by atoms with van der Waals surface area (Å²) in [5.74, 6) is 2.58. The minimum absolute atomic E-state index is 0. The van der Waals surface area contributed by atoms with Crippen LogP contribution in [-0.2, 0) is 137 Å². The van der Waals surface area contributed by atoms with E-state index in [-0.39, 0.29) is 152 Å². The van der Waals surface area contributed by atoms with E-state index in [0.29, 0.717) is 11.5 Å². The largest absolute Gasteiger partial charge is 0.574 e. The fourth-order valence-corrected chi connectivity index (χ4v) is 11.3. The van der Waals surface area contributed by atoms with Crippen molar-refractivity contribution in [2.75, 3.05) is 64.6 Å². The zero-order valence-electron chi connectivity index (χ0n) is 77.7. The van der Waals surface area contributed by atoms with Gasteiger partial charge in [0.1, 0.15) is 22.8 Å². The number of benzene rings is 1. The van der Waals surface area contributed by atoms with Crippen molar-refractivity contribution in [3.63, 3.8) is 0 Å². The molecular formula is C91H77F12N38OPt5-15. The quantitative estimate of drug-likeness (QED) is 0.0928. The van der Waals surface area contributed by atoms with E-state index in [2.05, 4.69) is 189 Å². The van der Waals surface area contributed by atoms with E-state index in [1.165, 1.54) is 67.8 Å². The number of hydrogen-bond donors (Lipinski definition) is 1. The molecule has 1 N–H and O–H groups in total. The molecule has 0 unspecified atom stereocenters. The molecule has 21 rings (SSSR count). The van der Waals surface area contributed by atoms with Crippen molar-refractivity contribution in [2.24, 2.45) is 0 Å². The molecule has 16 aromatic rings. The SMILES string of the molecule is CN1C=CN(c2[c-]nc(CO)nc2)[CH-]1.CN1C=CN(c2[c-]ncnc2)[CH-]1.Cc1cc(-c2ccccn2)[n-]n1.Cc1ccc(-c2cc(C(F)(F)F)n[n-]2)nc1.Cc1n[c-]c(N2C=CN(C)[CH-]2)cn1.Cc1n[c-]c(N2C=CN(C)[CH-]2)cn1.Cc1n[c-]c(N2[CH-]N(C)c3ccccc32)cn1.FC(F)(F)c1cc(-c2cnccn2)[n-]n1.FC(F)(F)c1cc(-c2cnccn2)[n-]n1.FC(F)(F)c1cc(-c2cnccn2)[n-]n1.[Pt].[Pt].[Pt].[Pt].[Pt]. The molecular weight excluding hydrogens is 2840 g/mol. The van der Waals surface area contributed by atoms with Crippen LogP contribution in [0.3, 0.4) is 0 Å². The van der Waals surface area contributed by atoms with Crippen molar-refractivity contribution in [3.8, 4) is 56.9 Å². The average molecular weight is 2920 g/mol. The van der Waals surface area contributed by atoms with Gasteiger partial charge in [-0.1, -0.05) is 170 Å². The molecule has 0 radical (unpaired) electrons. The van der Waals surface area contributed by atoms with Crippen molar-refractivity contribution in [2.45, 2.75) is 65.9 Å². The average Bonchev–Trinajstić information content (AvgIpc) is 1.64. The number of hydrogen-bond acceptors (Lipinski definition) is 34. The molecule has 0 bridgehead atoms. The molecule has 0 saturated carbocycles. The molecule has 5 aliphatic heterocycles. The van der Waals surface area contributed by atoms with Crippen LogP contribution >= 0.6 is 0 Å². The summed E-state index contributed by atoms with van der Waals surface area (Å²) < 4.78 is 146. The van der Waals surface area contributed by atoms with Crippen molar-refractivity contribution >= 4 is 39.8 Å². The fourth-order valence-electron chi connectivity index (χ4n) is 11.3. The molecule has 0 fully saturated rings. The molecule has 0 amide bonds. The number of para-hydroxylation sites is 2. The van der Waals surface area contributed by atoms with Crippen molar-refractivity contribution in [1.29, 1.82) is 0 Å². The second-order valence-corrected chi connectivity index (χ2v) is 29.3. The van der Waals surface area contributed by atoms with Crippen LogP contribution in [0.5, 0.6) is 0 Å². The number of aryl methyl sites for hydroxylation is 5. The van der Waals surface area contributed by atoms with Crippen LogP contribution in [0, 0.1) is 98.9 Å². The van der Waals surface area contributed by atoms with Crippen LogP contribution in [0.15, 0.2) is 240 Å². The van der Waals surface area contributed by atoms with Crippen LogP contribution in [0.4, 0.5) is 92.5 Å². The van der Waals surface area contributed by atoms with Crippen LogP contribution < -0.4 is 54.9 Å². The monoisotopic (exact) mass is 2920 g/mol. The van der Waals surface area contributed by atoms with Crippen molar-refractivity contribution < 1.29 is 163 Å². The van der Waals surface area contributed by atoms with E-state index >= 15 is 0 Å². The standard InChI is InChI=1S/C13H12N4.C10H7F3N3.C9H10N4O.2C9H10N4.C9H8N3.3C8H4F3N4.C8H8N4.5Pt/c1-10-14-7-11(8-15-10)17-9-16(2)12-5-3-4-6-13(12)17;1-6-2-3-7(14-5-6)8-4-9(16-15-8)10(11,12)13;1-12-2-3-13(7-12)8-4-10-9(6-14)11-5-8;2*1-8-10-5-9(6-11-8)13-4-3-12(2)7-13;1-7-6-9(12-11-7)8-4-2-3-5-10-8;3*9-8(10,11)7-3-5(14-15-7)6-4-12-1-2-13-6;1-11-2-3-12(7-11)8-4-9-6-10-5-8;;;;;/h3-7,9H,1-2H3;2-5H,1H3;2-4,7,14H,6H2,1H3;2*3-5,7H,1-2H3;2-6H,1H3;3*1-4H;2-4,6-7H,1H3;;;;;/q-2;-1;3*-2;4*-1;-2;;;;;. The Morgan fingerprint density at radius 1 is 0.320 bits per heavy atom. The zero-order valence-corrected chi connectivity index (χ0v) is 89.0. The predicted molar refractivity (Wildman–Crippen MR) is 487 cm³/mol. The summed E-state index contributed by atoms with van der Waals surface area (Å²) in [4.78, 5) is 90.2. The Morgan fingerprint density at radius 3 is 0.973 bits per heavy atom. The topological polar surface area (TPSA) is 420 Å². The Labute approximate surface area is 905 Å². The zero-order chi connectivity index (χ0) is 102. The molecule has 20 heterocycles. The number of rotatable bonds is 11. The first-order valence-electron chi connectivity index (χ1n) is 41.1. The van der Waals surface area contributed by atoms with E-state index < -0.39 is 47.5 Å². The van der Waals surface area contributed by atoms with E-state index in [4.69, 9.17) is 5.11 Å². The van der Waals surface area contributed by atoms with Gasteiger partial charge in [0.15, 0.2) is 0 Å². The molecule has 0 atom stereocenters. The molecule has 5 aliphatic rings. The summed E-state index contributed by atoms with van der Waals surface area (Å²) in [5, 5.41) is 42.3. The van der Waals surface area contributed by atoms with Crippen LogP contribution in [0.1, 0.15) is 57.3 Å². The number of aliphatic hydroxyl groups excluding tert-OH is 1. The third kappa shape index (κ3) is 36.7. The van der Waals surface area contributed by atoms with Gasteiger partial charge in [-0.25, -0.2) is 0 Å². The molecule has 786 valence electrons. The molecule has 0 aliphatic carbocycles. The third-order valence-corrected chi connectivity index (χ3v) is 18.2. The van der Waals surface area contributed by atoms with Gasteiger partial charge in [0.05, 0.1) is 42.3 Å². The Balaban J connectivity index is 0.000000221. The number of anilines is 7. The van der Waals surface area contributed by atoms with Crippen LogP contribution in [0.2, 0.25) is 0 Å². The van der Waals surface area contributed by atoms with Gasteiger partial charge in [-0.3, -0.25) is 39.9 Å². The Morgan fingerprint density at radius 2 is 0.673 bits per heavy atom. The van der Waals surface area contributed by atoms with Gasteiger partial charge >= 0.3 is 24.7 Å². The normalized spacial score (nSPS) is 12.8. The van der Waals surface area contributed by atoms with Gasteiger partial charge in [-0.2, -0.15) is 86.0 Å². The van der Waals surface area contributed by atoms with Crippen molar-refractivity contribution in [3.05, 3.63) is 362 Å². The van der Waals surface area contributed by atoms with Gasteiger partial charge in [-0.15, -0.1) is 0 Å². The number of nitrogens with zero attached hydrogens (tertiary/aromatic N) is 38. The first-order chi connectivity index (χ1) is 68.0. The van der Waals surface area contributed by atoms with Gasteiger partial charge in [0.2, 0.25) is 0 Å². The number of fused-ring (bicyclic) bond motifs is 1. The molecule has 147 heavy (non-hydrogen) atoms. The molecule has 39 nitrogen and oxygen atoms in total. The van der Waals surface area contributed by atoms with Gasteiger partial charge < -0.3 is 155 Å². The number of alkyl halides is 12. The summed E-state index contributed by atoms with van der Waals surface area (Å²) in [6.45, 7) is 18.8. The smallest absolute Gasteiger partial charge is 0.431 e. The fraction of sp³-hybridized carbons (Fsp3) is 0.165. The second-order valence-electron chi connectivity index (χ2n) is 29.3. The maximum atomic E-state index is 12.3. The molecule has 0 saturated heterocycles. The maximum absolute atomic E-state index is 12.3. The molecule has 1 aromatic carbocycles. The summed E-state index contributed by atoms with van der Waals surface area (Å²) in [7, 11) is 9.84. The van der Waals surface area contributed by atoms with Gasteiger partial charge in [0, 0.05) is 207 Å². The number of aliphatic hydroxyl groups is 1. The summed E-state index contributed by atoms with van der Waals surface area (Å²) in [6, 6.07) is 22.6. The minimum atomic E-state index is -4.48. The number of pyridine rings is 2. The molecule has 15 aromatic heterocycles. The van der Waals surface area contributed by atoms with Crippen LogP contribution in [-0.4, -0.2) is 175 Å². The first kappa shape index (κ1) is 120. The van der Waals surface area contributed by atoms with E-state index in [9.17, 15) is 52.7 Å². The summed E-state index contributed by atoms with van der Waals surface area (Å²) >= 11 is 0. The predicted octanol–water partition coefficient (Wildman–Crippen LogP) is 13.2. The number of aromatic nitrogens is 28. The first-order valence-corrected chi connectivity index (χ1v) is 41.1. The van der Waals surface area contributed by atoms with Gasteiger partial charge in [0.25, 0.3) is 0 Å². The second kappa shape index (κ2) is 57.0. The maximum Gasteiger partial charge on any atom is 0.431 e. The Hall–Kier alpha value is -14.3. The third-order valence-electron chi connectivity index (χ3n) is 18.2. The molecule has 56 heteroatoms. The van der Waals surface area contributed by atoms with E-state index in [1.807, 2.05) is 233 Å². The van der Waals surface area contributed by atoms with E-state index in [0.717, 1.165) is 98.5 Å². The number of halogens is 12. The van der Waals surface area contributed by atoms with Gasteiger partial charge in [-0.05, 0) is 165 Å². The van der Waals surface area contributed by atoms with Crippen LogP contribution in [0.25, 0.3) is 56.9 Å². The summed E-state index contributed by atoms with van der Waals surface area (Å²) in [6.07, 6.45) is 37.7. The Kier molecular flexibility index (Phi) is 46.4. The Bertz CT molecular complexity index is 6400. The molecule has 0 spiro atoms. The minimum Gasteiger partial charge on any atom is -0.574 e. The van der Waals surface area contributed by atoms with Crippen molar-refractivity contribution in [1.82, 2.24) is 160 Å².